The zero-order chi connectivity index (χ0) is 24.9. The Morgan fingerprint density at radius 2 is 1.78 bits per heavy atom. The third-order valence-corrected chi connectivity index (χ3v) is 6.33. The number of nitrogens with zero attached hydrogens (tertiary/aromatic N) is 1. The lowest BCUT2D eigenvalue weighted by Gasteiger charge is -2.36. The standard InChI is InChI=1S/C25H48N2O5/c1-11-12-13-24(7,8)21(29)26-15-20-19(14-18(16-28)17(2)3)27(25(9,10)31-20)22(30)32-23(4,5)6/h17-20,28H,11-16H2,1-10H3,(H,26,29)/t18?,19-,20+/m0/s1. The van der Waals surface area contributed by atoms with Crippen LogP contribution in [0.5, 0.6) is 0 Å². The fraction of sp³-hybridized carbons (Fsp3) is 0.920. The SMILES string of the molecule is CCCCC(C)(C)C(=O)NC[C@H]1OC(C)(C)N(C(=O)OC(C)(C)C)[C@H]1CC(CO)C(C)C. The summed E-state index contributed by atoms with van der Waals surface area (Å²) in [6.45, 7) is 19.7. The quantitative estimate of drug-likeness (QED) is 0.497. The second-order valence-electron chi connectivity index (χ2n) is 11.6. The highest BCUT2D eigenvalue weighted by atomic mass is 16.6. The molecule has 1 aliphatic rings. The monoisotopic (exact) mass is 456 g/mol. The number of ether oxygens (including phenoxy) is 2. The zero-order valence-corrected chi connectivity index (χ0v) is 22.1. The number of rotatable bonds is 10. The van der Waals surface area contributed by atoms with Crippen LogP contribution in [0.1, 0.15) is 94.9 Å². The highest BCUT2D eigenvalue weighted by Gasteiger charge is 2.51. The van der Waals surface area contributed by atoms with Crippen LogP contribution in [0.15, 0.2) is 0 Å². The van der Waals surface area contributed by atoms with Gasteiger partial charge in [-0.25, -0.2) is 4.79 Å². The molecule has 7 heteroatoms. The van der Waals surface area contributed by atoms with Crippen LogP contribution in [0, 0.1) is 17.3 Å². The number of carbonyl (C=O) groups is 2. The Morgan fingerprint density at radius 3 is 2.25 bits per heavy atom. The smallest absolute Gasteiger partial charge is 0.412 e. The third-order valence-electron chi connectivity index (χ3n) is 6.33. The second kappa shape index (κ2) is 11.2. The minimum Gasteiger partial charge on any atom is -0.444 e. The Morgan fingerprint density at radius 1 is 1.19 bits per heavy atom. The van der Waals surface area contributed by atoms with Crippen LogP contribution in [0.3, 0.4) is 0 Å². The predicted octanol–water partition coefficient (Wildman–Crippen LogP) is 4.71. The topological polar surface area (TPSA) is 88.1 Å². The summed E-state index contributed by atoms with van der Waals surface area (Å²) in [6.07, 6.45) is 2.59. The van der Waals surface area contributed by atoms with Gasteiger partial charge >= 0.3 is 6.09 Å². The molecule has 0 radical (unpaired) electrons. The van der Waals surface area contributed by atoms with Crippen LogP contribution in [-0.2, 0) is 14.3 Å². The van der Waals surface area contributed by atoms with Crippen molar-refractivity contribution in [2.45, 2.75) is 118 Å². The number of amides is 2. The average Bonchev–Trinajstić information content (AvgIpc) is 2.90. The molecule has 0 spiro atoms. The van der Waals surface area contributed by atoms with Crippen molar-refractivity contribution >= 4 is 12.0 Å². The van der Waals surface area contributed by atoms with E-state index in [0.29, 0.717) is 13.0 Å². The van der Waals surface area contributed by atoms with E-state index in [9.17, 15) is 14.7 Å². The molecule has 2 amide bonds. The lowest BCUT2D eigenvalue weighted by molar-refractivity contribution is -0.131. The van der Waals surface area contributed by atoms with Gasteiger partial charge in [-0.05, 0) is 59.3 Å². The lowest BCUT2D eigenvalue weighted by atomic mass is 9.85. The van der Waals surface area contributed by atoms with Crippen LogP contribution in [0.2, 0.25) is 0 Å². The van der Waals surface area contributed by atoms with Gasteiger partial charge in [0.2, 0.25) is 5.91 Å². The molecule has 0 aromatic heterocycles. The van der Waals surface area contributed by atoms with Gasteiger partial charge in [0.25, 0.3) is 0 Å². The van der Waals surface area contributed by atoms with Crippen molar-refractivity contribution in [3.63, 3.8) is 0 Å². The first-order valence-corrected chi connectivity index (χ1v) is 12.1. The number of carbonyl (C=O) groups excluding carboxylic acids is 2. The molecule has 2 N–H and O–H groups in total. The third kappa shape index (κ3) is 7.91. The first kappa shape index (κ1) is 28.7. The van der Waals surface area contributed by atoms with Gasteiger partial charge in [0, 0.05) is 18.6 Å². The van der Waals surface area contributed by atoms with E-state index < -0.39 is 28.9 Å². The Balaban J connectivity index is 3.11. The van der Waals surface area contributed by atoms with E-state index in [1.54, 1.807) is 4.90 Å². The van der Waals surface area contributed by atoms with Crippen LogP contribution in [0.4, 0.5) is 4.79 Å². The Kier molecular flexibility index (Phi) is 10.0. The van der Waals surface area contributed by atoms with Gasteiger partial charge in [0.15, 0.2) is 0 Å². The molecular weight excluding hydrogens is 408 g/mol. The first-order valence-electron chi connectivity index (χ1n) is 12.1. The van der Waals surface area contributed by atoms with Gasteiger partial charge in [-0.2, -0.15) is 0 Å². The summed E-state index contributed by atoms with van der Waals surface area (Å²) in [4.78, 5) is 27.7. The highest BCUT2D eigenvalue weighted by molar-refractivity contribution is 5.81. The molecule has 32 heavy (non-hydrogen) atoms. The van der Waals surface area contributed by atoms with Crippen molar-refractivity contribution in [3.8, 4) is 0 Å². The molecule has 7 nitrogen and oxygen atoms in total. The molecule has 0 bridgehead atoms. The number of nitrogens with one attached hydrogen (secondary N) is 1. The molecule has 0 aliphatic carbocycles. The maximum atomic E-state index is 13.2. The molecule has 0 aromatic carbocycles. The fourth-order valence-corrected chi connectivity index (χ4v) is 4.21. The molecule has 1 rings (SSSR count). The minimum atomic E-state index is -0.892. The summed E-state index contributed by atoms with van der Waals surface area (Å²) in [5.74, 6) is 0.235. The van der Waals surface area contributed by atoms with Crippen LogP contribution < -0.4 is 5.32 Å². The Labute approximate surface area is 195 Å². The minimum absolute atomic E-state index is 0.00151. The van der Waals surface area contributed by atoms with Crippen molar-refractivity contribution in [2.75, 3.05) is 13.2 Å². The molecule has 1 aliphatic heterocycles. The molecule has 1 fully saturated rings. The molecule has 188 valence electrons. The largest absolute Gasteiger partial charge is 0.444 e. The normalized spacial score (nSPS) is 22.2. The van der Waals surface area contributed by atoms with Crippen molar-refractivity contribution in [2.24, 2.45) is 17.3 Å². The highest BCUT2D eigenvalue weighted by Crippen LogP contribution is 2.37. The summed E-state index contributed by atoms with van der Waals surface area (Å²) in [7, 11) is 0. The maximum absolute atomic E-state index is 13.2. The number of hydrogen-bond acceptors (Lipinski definition) is 5. The molecule has 3 atom stereocenters. The Bertz CT molecular complexity index is 624. The summed E-state index contributed by atoms with van der Waals surface area (Å²) in [5.41, 5.74) is -1.99. The molecule has 1 heterocycles. The number of hydrogen-bond donors (Lipinski definition) is 2. The number of unbranched alkanes of at least 4 members (excludes halogenated alkanes) is 1. The van der Waals surface area contributed by atoms with Gasteiger partial charge in [0.1, 0.15) is 11.3 Å². The summed E-state index contributed by atoms with van der Waals surface area (Å²) >= 11 is 0. The summed E-state index contributed by atoms with van der Waals surface area (Å²) in [5, 5.41) is 13.0. The average molecular weight is 457 g/mol. The predicted molar refractivity (Wildman–Crippen MR) is 127 cm³/mol. The second-order valence-corrected chi connectivity index (χ2v) is 11.6. The number of aliphatic hydroxyl groups excluding tert-OH is 1. The van der Waals surface area contributed by atoms with Crippen molar-refractivity contribution in [1.82, 2.24) is 10.2 Å². The van der Waals surface area contributed by atoms with Crippen LogP contribution in [-0.4, -0.2) is 58.6 Å². The molecular formula is C25H48N2O5. The van der Waals surface area contributed by atoms with E-state index in [1.807, 2.05) is 48.5 Å². The molecule has 1 saturated heterocycles. The fourth-order valence-electron chi connectivity index (χ4n) is 4.21. The van der Waals surface area contributed by atoms with Gasteiger partial charge in [-0.1, -0.05) is 47.5 Å². The zero-order valence-electron chi connectivity index (χ0n) is 22.1. The molecule has 0 saturated carbocycles. The first-order chi connectivity index (χ1) is 14.6. The van der Waals surface area contributed by atoms with E-state index in [-0.39, 0.29) is 30.4 Å². The lowest BCUT2D eigenvalue weighted by Crippen LogP contribution is -2.52. The summed E-state index contributed by atoms with van der Waals surface area (Å²) in [6, 6.07) is -0.321. The van der Waals surface area contributed by atoms with E-state index in [4.69, 9.17) is 9.47 Å². The van der Waals surface area contributed by atoms with Crippen molar-refractivity contribution < 1.29 is 24.2 Å². The van der Waals surface area contributed by atoms with Gasteiger partial charge in [-0.3, -0.25) is 9.69 Å². The maximum Gasteiger partial charge on any atom is 0.412 e. The van der Waals surface area contributed by atoms with Crippen LogP contribution >= 0.6 is 0 Å². The van der Waals surface area contributed by atoms with Crippen LogP contribution in [0.25, 0.3) is 0 Å². The van der Waals surface area contributed by atoms with Gasteiger partial charge < -0.3 is 19.9 Å². The van der Waals surface area contributed by atoms with E-state index in [1.165, 1.54) is 0 Å². The van der Waals surface area contributed by atoms with Crippen molar-refractivity contribution in [1.29, 1.82) is 0 Å². The Hall–Kier alpha value is -1.34. The number of aliphatic hydroxyl groups is 1. The van der Waals surface area contributed by atoms with Gasteiger partial charge in [-0.15, -0.1) is 0 Å². The van der Waals surface area contributed by atoms with E-state index >= 15 is 0 Å². The van der Waals surface area contributed by atoms with E-state index in [0.717, 1.165) is 19.3 Å². The molecule has 1 unspecified atom stereocenters. The molecule has 0 aromatic rings. The van der Waals surface area contributed by atoms with Crippen molar-refractivity contribution in [3.05, 3.63) is 0 Å². The summed E-state index contributed by atoms with van der Waals surface area (Å²) < 4.78 is 12.0. The van der Waals surface area contributed by atoms with E-state index in [2.05, 4.69) is 26.1 Å². The van der Waals surface area contributed by atoms with Gasteiger partial charge in [0.05, 0.1) is 12.1 Å².